The SMILES string of the molecule is CO/N=C(/C(=O)NC1C(=O)N2C(C(=O)O)=C(CSc3nc(C)ns3)CS[C@H]12)c1cscn1. The maximum absolute atomic E-state index is 12.8. The Bertz CT molecular complexity index is 1110. The third-order valence-electron chi connectivity index (χ3n) is 4.49. The van der Waals surface area contributed by atoms with Crippen LogP contribution < -0.4 is 5.32 Å². The van der Waals surface area contributed by atoms with E-state index in [4.69, 9.17) is 4.84 Å². The van der Waals surface area contributed by atoms with Crippen LogP contribution in [0.25, 0.3) is 0 Å². The predicted molar refractivity (Wildman–Crippen MR) is 121 cm³/mol. The number of aliphatic carboxylic acids is 1. The van der Waals surface area contributed by atoms with Crippen LogP contribution in [-0.4, -0.2) is 77.9 Å². The van der Waals surface area contributed by atoms with E-state index in [1.165, 1.54) is 58.4 Å². The monoisotopic (exact) mass is 512 g/mol. The first-order chi connectivity index (χ1) is 15.4. The number of oxime groups is 1. The van der Waals surface area contributed by atoms with Gasteiger partial charge in [0.15, 0.2) is 10.1 Å². The first-order valence-corrected chi connectivity index (χ1v) is 12.8. The van der Waals surface area contributed by atoms with Gasteiger partial charge in [0.2, 0.25) is 0 Å². The van der Waals surface area contributed by atoms with Gasteiger partial charge >= 0.3 is 5.97 Å². The Morgan fingerprint density at radius 1 is 1.47 bits per heavy atom. The summed E-state index contributed by atoms with van der Waals surface area (Å²) in [5, 5.41) is 17.2. The van der Waals surface area contributed by atoms with Gasteiger partial charge in [-0.15, -0.1) is 23.1 Å². The molecule has 0 aliphatic carbocycles. The lowest BCUT2D eigenvalue weighted by molar-refractivity contribution is -0.150. The van der Waals surface area contributed by atoms with Gasteiger partial charge in [-0.1, -0.05) is 16.9 Å². The van der Waals surface area contributed by atoms with Crippen LogP contribution in [-0.2, 0) is 19.2 Å². The molecule has 0 saturated carbocycles. The number of hydrogen-bond acceptors (Lipinski definition) is 12. The molecule has 0 radical (unpaired) electrons. The zero-order valence-corrected chi connectivity index (χ0v) is 19.9. The number of carbonyl (C=O) groups excluding carboxylic acids is 2. The second-order valence-corrected chi connectivity index (χ2v) is 10.3. The molecule has 0 spiro atoms. The summed E-state index contributed by atoms with van der Waals surface area (Å²) in [5.41, 5.74) is 2.40. The zero-order chi connectivity index (χ0) is 22.8. The number of amides is 2. The largest absolute Gasteiger partial charge is 0.477 e. The van der Waals surface area contributed by atoms with Crippen LogP contribution in [0.2, 0.25) is 0 Å². The Kier molecular flexibility index (Phi) is 6.78. The predicted octanol–water partition coefficient (Wildman–Crippen LogP) is 1.18. The second-order valence-electron chi connectivity index (χ2n) is 6.51. The number of carboxylic acids is 1. The molecule has 2 aliphatic rings. The van der Waals surface area contributed by atoms with E-state index in [1.807, 2.05) is 0 Å². The lowest BCUT2D eigenvalue weighted by Crippen LogP contribution is -2.71. The first-order valence-electron chi connectivity index (χ1n) is 9.04. The first kappa shape index (κ1) is 22.7. The maximum Gasteiger partial charge on any atom is 0.352 e. The molecule has 2 aliphatic heterocycles. The fraction of sp³-hybridized carbons (Fsp3) is 0.353. The average molecular weight is 513 g/mol. The number of thioether (sulfide) groups is 2. The number of hydrogen-bond donors (Lipinski definition) is 2. The number of nitrogens with zero attached hydrogens (tertiary/aromatic N) is 5. The highest BCUT2D eigenvalue weighted by molar-refractivity contribution is 8.01. The van der Waals surface area contributed by atoms with Gasteiger partial charge < -0.3 is 15.3 Å². The molecule has 2 atom stereocenters. The van der Waals surface area contributed by atoms with E-state index in [0.717, 1.165) is 4.34 Å². The van der Waals surface area contributed by atoms with Crippen LogP contribution in [0, 0.1) is 6.92 Å². The summed E-state index contributed by atoms with van der Waals surface area (Å²) < 4.78 is 4.85. The summed E-state index contributed by atoms with van der Waals surface area (Å²) in [6.45, 7) is 1.79. The summed E-state index contributed by atoms with van der Waals surface area (Å²) in [7, 11) is 1.30. The summed E-state index contributed by atoms with van der Waals surface area (Å²) in [5.74, 6) is -0.832. The molecule has 1 unspecified atom stereocenters. The van der Waals surface area contributed by atoms with E-state index in [1.54, 1.807) is 17.8 Å². The summed E-state index contributed by atoms with van der Waals surface area (Å²) in [4.78, 5) is 51.8. The highest BCUT2D eigenvalue weighted by Gasteiger charge is 2.54. The Morgan fingerprint density at radius 3 is 2.91 bits per heavy atom. The molecule has 2 N–H and O–H groups in total. The number of rotatable bonds is 8. The van der Waals surface area contributed by atoms with Gasteiger partial charge in [0, 0.05) is 16.9 Å². The molecular formula is C17H16N6O5S4. The van der Waals surface area contributed by atoms with Gasteiger partial charge in [-0.05, 0) is 24.0 Å². The zero-order valence-electron chi connectivity index (χ0n) is 16.7. The summed E-state index contributed by atoms with van der Waals surface area (Å²) in [6, 6.07) is -0.873. The molecule has 168 valence electrons. The molecule has 4 rings (SSSR count). The lowest BCUT2D eigenvalue weighted by Gasteiger charge is -2.49. The van der Waals surface area contributed by atoms with Crippen LogP contribution in [0.15, 0.2) is 31.7 Å². The van der Waals surface area contributed by atoms with Crippen molar-refractivity contribution in [3.8, 4) is 0 Å². The third kappa shape index (κ3) is 4.37. The molecule has 2 aromatic rings. The molecule has 2 aromatic heterocycles. The molecule has 2 amide bonds. The molecule has 0 aromatic carbocycles. The normalized spacial score (nSPS) is 20.6. The van der Waals surface area contributed by atoms with Crippen molar-refractivity contribution in [3.05, 3.63) is 33.7 Å². The smallest absolute Gasteiger partial charge is 0.352 e. The van der Waals surface area contributed by atoms with Gasteiger partial charge in [-0.2, -0.15) is 4.37 Å². The van der Waals surface area contributed by atoms with Gasteiger partial charge in [-0.25, -0.2) is 14.8 Å². The molecule has 1 saturated heterocycles. The Hall–Kier alpha value is -2.49. The fourth-order valence-electron chi connectivity index (χ4n) is 3.11. The van der Waals surface area contributed by atoms with Crippen molar-refractivity contribution in [2.75, 3.05) is 18.6 Å². The van der Waals surface area contributed by atoms with Crippen molar-refractivity contribution >= 4 is 69.9 Å². The van der Waals surface area contributed by atoms with Gasteiger partial charge in [0.1, 0.15) is 35.7 Å². The number of carbonyl (C=O) groups is 3. The number of aryl methyl sites for hydroxylation is 1. The van der Waals surface area contributed by atoms with Crippen LogP contribution in [0.1, 0.15) is 11.5 Å². The molecule has 0 bridgehead atoms. The second kappa shape index (κ2) is 9.56. The Balaban J connectivity index is 1.48. The number of fused-ring (bicyclic) bond motifs is 1. The molecule has 11 nitrogen and oxygen atoms in total. The maximum atomic E-state index is 12.8. The quantitative estimate of drug-likeness (QED) is 0.229. The van der Waals surface area contributed by atoms with Crippen molar-refractivity contribution < 1.29 is 24.3 Å². The average Bonchev–Trinajstić information content (AvgIpc) is 3.45. The number of aromatic nitrogens is 3. The minimum Gasteiger partial charge on any atom is -0.477 e. The number of β-lactam (4-membered cyclic amide) rings is 1. The van der Waals surface area contributed by atoms with Crippen LogP contribution in [0.4, 0.5) is 0 Å². The van der Waals surface area contributed by atoms with E-state index < -0.39 is 29.2 Å². The number of carboxylic acid groups (broad SMARTS) is 1. The molecule has 1 fully saturated rings. The standard InChI is InChI=1S/C17H16N6O5S4/c1-7-19-17(32-22-7)31-4-8-3-30-15-11(14(25)23(15)12(8)16(26)27)20-13(24)10(21-28-2)9-5-29-6-18-9/h5-6,11,15H,3-4H2,1-2H3,(H,20,24)(H,26,27)/b21-10+/t11?,15-/m1/s1. The number of nitrogens with one attached hydrogen (secondary N) is 1. The van der Waals surface area contributed by atoms with Crippen LogP contribution in [0.5, 0.6) is 0 Å². The van der Waals surface area contributed by atoms with Gasteiger partial charge in [0.25, 0.3) is 11.8 Å². The summed E-state index contributed by atoms with van der Waals surface area (Å²) >= 11 is 5.32. The van der Waals surface area contributed by atoms with Crippen molar-refractivity contribution in [3.63, 3.8) is 0 Å². The van der Waals surface area contributed by atoms with Gasteiger partial charge in [0.05, 0.1) is 5.51 Å². The fourth-order valence-corrected chi connectivity index (χ4v) is 6.78. The van der Waals surface area contributed by atoms with Crippen molar-refractivity contribution in [2.45, 2.75) is 22.7 Å². The van der Waals surface area contributed by atoms with Crippen LogP contribution in [0.3, 0.4) is 0 Å². The topological polar surface area (TPSA) is 147 Å². The van der Waals surface area contributed by atoms with E-state index >= 15 is 0 Å². The summed E-state index contributed by atoms with van der Waals surface area (Å²) in [6.07, 6.45) is 0. The minimum absolute atomic E-state index is 0.0386. The van der Waals surface area contributed by atoms with Crippen molar-refractivity contribution in [1.29, 1.82) is 0 Å². The van der Waals surface area contributed by atoms with Crippen LogP contribution >= 0.6 is 46.4 Å². The van der Waals surface area contributed by atoms with E-state index in [2.05, 4.69) is 24.8 Å². The molecule has 32 heavy (non-hydrogen) atoms. The molecular weight excluding hydrogens is 496 g/mol. The third-order valence-corrected chi connectivity index (χ3v) is 8.43. The van der Waals surface area contributed by atoms with Crippen molar-refractivity contribution in [2.24, 2.45) is 5.16 Å². The number of thiazole rings is 1. The Labute approximate surface area is 198 Å². The minimum atomic E-state index is -1.18. The highest BCUT2D eigenvalue weighted by Crippen LogP contribution is 2.41. The molecule has 4 heterocycles. The lowest BCUT2D eigenvalue weighted by atomic mass is 10.0. The van der Waals surface area contributed by atoms with Crippen molar-refractivity contribution in [1.82, 2.24) is 24.6 Å². The Morgan fingerprint density at radius 2 is 2.28 bits per heavy atom. The van der Waals surface area contributed by atoms with E-state index in [0.29, 0.717) is 28.6 Å². The van der Waals surface area contributed by atoms with E-state index in [9.17, 15) is 19.5 Å². The highest BCUT2D eigenvalue weighted by atomic mass is 32.2. The molecule has 15 heteroatoms. The van der Waals surface area contributed by atoms with E-state index in [-0.39, 0.29) is 11.4 Å². The van der Waals surface area contributed by atoms with Gasteiger partial charge in [-0.3, -0.25) is 14.5 Å².